The molecule has 0 amide bonds. The van der Waals surface area contributed by atoms with Crippen molar-refractivity contribution < 1.29 is 9.47 Å². The van der Waals surface area contributed by atoms with Crippen LogP contribution < -0.4 is 14.8 Å². The normalized spacial score (nSPS) is 10.4. The molecule has 6 heteroatoms. The number of methoxy groups -OCH3 is 1. The van der Waals surface area contributed by atoms with Gasteiger partial charge >= 0.3 is 0 Å². The first-order valence-electron chi connectivity index (χ1n) is 9.26. The Bertz CT molecular complexity index is 933. The molecule has 1 aromatic heterocycles. The van der Waals surface area contributed by atoms with Crippen LogP contribution in [0.5, 0.6) is 11.5 Å². The number of hydrogen-bond donors (Lipinski definition) is 1. The Morgan fingerprint density at radius 3 is 2.24 bits per heavy atom. The molecule has 3 rings (SSSR count). The molecule has 0 aliphatic carbocycles. The van der Waals surface area contributed by atoms with E-state index in [1.807, 2.05) is 60.5 Å². The van der Waals surface area contributed by atoms with Gasteiger partial charge in [0.25, 0.3) is 0 Å². The first-order valence-corrected chi connectivity index (χ1v) is 9.26. The van der Waals surface area contributed by atoms with Gasteiger partial charge in [-0.05, 0) is 49.0 Å². The van der Waals surface area contributed by atoms with Gasteiger partial charge in [-0.25, -0.2) is 9.97 Å². The lowest BCUT2D eigenvalue weighted by atomic mass is 10.1. The second-order valence-corrected chi connectivity index (χ2v) is 6.46. The average Bonchev–Trinajstić information content (AvgIpc) is 2.76. The van der Waals surface area contributed by atoms with Gasteiger partial charge in [-0.3, -0.25) is 4.90 Å². The quantitative estimate of drug-likeness (QED) is 0.562. The van der Waals surface area contributed by atoms with E-state index >= 15 is 0 Å². The van der Waals surface area contributed by atoms with Crippen molar-refractivity contribution in [1.29, 1.82) is 0 Å². The topological polar surface area (TPSA) is 59.5 Å². The number of likely N-dealkylation sites (N-methyl/N-ethyl adjacent to an activating group) is 1. The Morgan fingerprint density at radius 1 is 0.966 bits per heavy atom. The maximum absolute atomic E-state index is 5.73. The van der Waals surface area contributed by atoms with E-state index in [1.165, 1.54) is 0 Å². The molecule has 29 heavy (non-hydrogen) atoms. The molecule has 0 radical (unpaired) electrons. The number of benzene rings is 2. The second kappa shape index (κ2) is 10.1. The van der Waals surface area contributed by atoms with Crippen molar-refractivity contribution in [3.8, 4) is 35.0 Å². The molecule has 0 saturated carbocycles. The van der Waals surface area contributed by atoms with Crippen LogP contribution >= 0.6 is 0 Å². The fraction of sp³-hybridized carbons (Fsp3) is 0.217. The highest BCUT2D eigenvalue weighted by Crippen LogP contribution is 2.23. The van der Waals surface area contributed by atoms with Gasteiger partial charge in [0.15, 0.2) is 0 Å². The number of nitrogens with zero attached hydrogens (tertiary/aromatic N) is 3. The van der Waals surface area contributed by atoms with E-state index in [-0.39, 0.29) is 0 Å². The molecular formula is C23H24N4O2. The summed E-state index contributed by atoms with van der Waals surface area (Å²) in [6.45, 7) is 1.98. The lowest BCUT2D eigenvalue weighted by Crippen LogP contribution is -2.24. The smallest absolute Gasteiger partial charge is 0.227 e. The van der Waals surface area contributed by atoms with Gasteiger partial charge in [0, 0.05) is 30.2 Å². The van der Waals surface area contributed by atoms with Crippen LogP contribution in [0.1, 0.15) is 0 Å². The summed E-state index contributed by atoms with van der Waals surface area (Å²) in [5.74, 6) is 4.77. The van der Waals surface area contributed by atoms with Gasteiger partial charge in [0.05, 0.1) is 13.7 Å². The number of nitrogens with one attached hydrogen (secondary N) is 1. The van der Waals surface area contributed by atoms with E-state index in [0.29, 0.717) is 19.1 Å². The molecule has 0 atom stereocenters. The zero-order valence-corrected chi connectivity index (χ0v) is 16.6. The summed E-state index contributed by atoms with van der Waals surface area (Å²) in [7, 11) is 3.62. The van der Waals surface area contributed by atoms with Crippen LogP contribution in [0, 0.1) is 12.3 Å². The van der Waals surface area contributed by atoms with Gasteiger partial charge in [0.2, 0.25) is 5.95 Å². The minimum Gasteiger partial charge on any atom is -0.497 e. The SMILES string of the molecule is C#CCN(C)CCOc1ccc(Nc2ncc(-c3ccc(OC)cc3)cn2)cc1. The summed E-state index contributed by atoms with van der Waals surface area (Å²) in [5.41, 5.74) is 2.86. The summed E-state index contributed by atoms with van der Waals surface area (Å²) in [5, 5.41) is 3.19. The third kappa shape index (κ3) is 5.96. The fourth-order valence-corrected chi connectivity index (χ4v) is 2.64. The zero-order valence-electron chi connectivity index (χ0n) is 16.6. The van der Waals surface area contributed by atoms with Crippen LogP contribution in [-0.2, 0) is 0 Å². The highest BCUT2D eigenvalue weighted by Gasteiger charge is 2.03. The largest absolute Gasteiger partial charge is 0.497 e. The number of terminal acetylenes is 1. The number of anilines is 2. The minimum atomic E-state index is 0.534. The van der Waals surface area contributed by atoms with Crippen molar-refractivity contribution >= 4 is 11.6 Å². The number of rotatable bonds is 9. The maximum atomic E-state index is 5.73. The molecule has 0 fully saturated rings. The molecule has 1 heterocycles. The molecule has 1 N–H and O–H groups in total. The fourth-order valence-electron chi connectivity index (χ4n) is 2.64. The second-order valence-electron chi connectivity index (χ2n) is 6.46. The lowest BCUT2D eigenvalue weighted by molar-refractivity contribution is 0.251. The van der Waals surface area contributed by atoms with Crippen molar-refractivity contribution in [2.45, 2.75) is 0 Å². The summed E-state index contributed by atoms with van der Waals surface area (Å²) in [4.78, 5) is 10.8. The Labute approximate surface area is 171 Å². The monoisotopic (exact) mass is 388 g/mol. The van der Waals surface area contributed by atoms with Crippen LogP contribution in [0.25, 0.3) is 11.1 Å². The van der Waals surface area contributed by atoms with Crippen LogP contribution in [-0.4, -0.2) is 48.7 Å². The van der Waals surface area contributed by atoms with Crippen LogP contribution in [0.15, 0.2) is 60.9 Å². The Balaban J connectivity index is 1.54. The van der Waals surface area contributed by atoms with Crippen LogP contribution in [0.4, 0.5) is 11.6 Å². The molecule has 0 saturated heterocycles. The molecular weight excluding hydrogens is 364 g/mol. The van der Waals surface area contributed by atoms with E-state index in [9.17, 15) is 0 Å². The van der Waals surface area contributed by atoms with E-state index in [2.05, 4.69) is 21.2 Å². The Kier molecular flexibility index (Phi) is 7.04. The molecule has 148 valence electrons. The number of ether oxygens (including phenoxy) is 2. The van der Waals surface area contributed by atoms with E-state index in [1.54, 1.807) is 19.5 Å². The van der Waals surface area contributed by atoms with Crippen molar-refractivity contribution in [1.82, 2.24) is 14.9 Å². The van der Waals surface area contributed by atoms with Crippen LogP contribution in [0.2, 0.25) is 0 Å². The lowest BCUT2D eigenvalue weighted by Gasteiger charge is -2.14. The van der Waals surface area contributed by atoms with Crippen molar-refractivity contribution in [2.75, 3.05) is 39.2 Å². The Morgan fingerprint density at radius 2 is 1.62 bits per heavy atom. The average molecular weight is 388 g/mol. The standard InChI is InChI=1S/C23H24N4O2/c1-4-13-27(2)14-15-29-22-11-7-20(8-12-22)26-23-24-16-19(17-25-23)18-5-9-21(28-3)10-6-18/h1,5-12,16-17H,13-15H2,2-3H3,(H,24,25,26). The van der Waals surface area contributed by atoms with Gasteiger partial charge in [-0.2, -0.15) is 0 Å². The predicted molar refractivity (Wildman–Crippen MR) is 116 cm³/mol. The predicted octanol–water partition coefficient (Wildman–Crippen LogP) is 3.84. The third-order valence-electron chi connectivity index (χ3n) is 4.29. The van der Waals surface area contributed by atoms with Gasteiger partial charge in [-0.1, -0.05) is 18.1 Å². The summed E-state index contributed by atoms with van der Waals surface area (Å²) >= 11 is 0. The minimum absolute atomic E-state index is 0.534. The molecule has 0 bridgehead atoms. The van der Waals surface area contributed by atoms with E-state index in [0.717, 1.165) is 34.9 Å². The third-order valence-corrected chi connectivity index (χ3v) is 4.29. The highest BCUT2D eigenvalue weighted by atomic mass is 16.5. The number of hydrogen-bond acceptors (Lipinski definition) is 6. The van der Waals surface area contributed by atoms with Crippen LogP contribution in [0.3, 0.4) is 0 Å². The summed E-state index contributed by atoms with van der Waals surface area (Å²) < 4.78 is 10.9. The molecule has 3 aromatic rings. The molecule has 0 aliphatic heterocycles. The van der Waals surface area contributed by atoms with Gasteiger partial charge in [0.1, 0.15) is 18.1 Å². The summed E-state index contributed by atoms with van der Waals surface area (Å²) in [6, 6.07) is 15.5. The molecule has 0 aliphatic rings. The van der Waals surface area contributed by atoms with E-state index in [4.69, 9.17) is 15.9 Å². The van der Waals surface area contributed by atoms with E-state index < -0.39 is 0 Å². The first-order chi connectivity index (χ1) is 14.2. The summed E-state index contributed by atoms with van der Waals surface area (Å²) in [6.07, 6.45) is 8.87. The molecule has 2 aromatic carbocycles. The van der Waals surface area contributed by atoms with Gasteiger partial charge in [-0.15, -0.1) is 6.42 Å². The van der Waals surface area contributed by atoms with Crippen molar-refractivity contribution in [3.05, 3.63) is 60.9 Å². The molecule has 0 unspecified atom stereocenters. The van der Waals surface area contributed by atoms with Crippen molar-refractivity contribution in [2.24, 2.45) is 0 Å². The first kappa shape index (κ1) is 20.2. The molecule has 6 nitrogen and oxygen atoms in total. The molecule has 0 spiro atoms. The van der Waals surface area contributed by atoms with Crippen molar-refractivity contribution in [3.63, 3.8) is 0 Å². The highest BCUT2D eigenvalue weighted by molar-refractivity contribution is 5.63. The van der Waals surface area contributed by atoms with Gasteiger partial charge < -0.3 is 14.8 Å². The number of aromatic nitrogens is 2. The maximum Gasteiger partial charge on any atom is 0.227 e. The Hall–Kier alpha value is -3.56. The zero-order chi connectivity index (χ0) is 20.5.